The van der Waals surface area contributed by atoms with Crippen LogP contribution in [0.4, 0.5) is 0 Å². The fourth-order valence-corrected chi connectivity index (χ4v) is 2.22. The number of thioether (sulfide) groups is 1. The lowest BCUT2D eigenvalue weighted by Crippen LogP contribution is -1.94. The van der Waals surface area contributed by atoms with E-state index in [2.05, 4.69) is 0 Å². The molecule has 0 spiro atoms. The van der Waals surface area contributed by atoms with Crippen LogP contribution in [0.15, 0.2) is 23.1 Å². The second-order valence-corrected chi connectivity index (χ2v) is 3.88. The normalized spacial score (nSPS) is 13.7. The van der Waals surface area contributed by atoms with Gasteiger partial charge in [-0.05, 0) is 24.0 Å². The van der Waals surface area contributed by atoms with E-state index in [0.717, 1.165) is 22.0 Å². The van der Waals surface area contributed by atoms with E-state index in [0.29, 0.717) is 13.3 Å². The van der Waals surface area contributed by atoms with Crippen LogP contribution in [0.2, 0.25) is 0 Å². The minimum atomic E-state index is 0.312. The summed E-state index contributed by atoms with van der Waals surface area (Å²) in [5, 5.41) is 0. The molecule has 0 amide bonds. The lowest BCUT2D eigenvalue weighted by Gasteiger charge is -2.06. The van der Waals surface area contributed by atoms with Crippen molar-refractivity contribution in [2.45, 2.75) is 4.90 Å². The molecule has 0 aromatic heterocycles. The van der Waals surface area contributed by atoms with Crippen molar-refractivity contribution in [2.24, 2.45) is 5.73 Å². The number of ether oxygens (including phenoxy) is 2. The summed E-state index contributed by atoms with van der Waals surface area (Å²) in [7, 11) is 0. The number of benzene rings is 1. The molecule has 2 rings (SSSR count). The van der Waals surface area contributed by atoms with Crippen LogP contribution < -0.4 is 15.2 Å². The molecule has 0 aliphatic carbocycles. The second kappa shape index (κ2) is 4.59. The van der Waals surface area contributed by atoms with Crippen LogP contribution >= 0.6 is 11.8 Å². The summed E-state index contributed by atoms with van der Waals surface area (Å²) in [6, 6.07) is 3.95. The predicted molar refractivity (Wildman–Crippen MR) is 62.4 cm³/mol. The Balaban J connectivity index is 2.43. The van der Waals surface area contributed by atoms with Gasteiger partial charge >= 0.3 is 0 Å². The van der Waals surface area contributed by atoms with Gasteiger partial charge in [0.15, 0.2) is 11.5 Å². The quantitative estimate of drug-likeness (QED) is 0.797. The average Bonchev–Trinajstić information content (AvgIpc) is 2.73. The van der Waals surface area contributed by atoms with Crippen LogP contribution in [0, 0.1) is 0 Å². The number of hydrogen-bond donors (Lipinski definition) is 1. The molecule has 1 aromatic rings. The smallest absolute Gasteiger partial charge is 0.231 e. The Hall–Kier alpha value is -1.13. The number of fused-ring (bicyclic) bond motifs is 1. The van der Waals surface area contributed by atoms with Gasteiger partial charge in [-0.1, -0.05) is 12.2 Å². The van der Waals surface area contributed by atoms with E-state index >= 15 is 0 Å². The molecular formula is C11H13NO2S. The summed E-state index contributed by atoms with van der Waals surface area (Å²) in [4.78, 5) is 1.11. The van der Waals surface area contributed by atoms with Crippen LogP contribution in [0.25, 0.3) is 6.08 Å². The zero-order valence-corrected chi connectivity index (χ0v) is 9.34. The van der Waals surface area contributed by atoms with Gasteiger partial charge < -0.3 is 15.2 Å². The van der Waals surface area contributed by atoms with E-state index < -0.39 is 0 Å². The van der Waals surface area contributed by atoms with Crippen LogP contribution in [0.3, 0.4) is 0 Å². The summed E-state index contributed by atoms with van der Waals surface area (Å²) in [6.45, 7) is 0.856. The molecule has 80 valence electrons. The van der Waals surface area contributed by atoms with Gasteiger partial charge in [0.25, 0.3) is 0 Å². The molecule has 1 aliphatic heterocycles. The van der Waals surface area contributed by atoms with Gasteiger partial charge in [0.2, 0.25) is 6.79 Å². The maximum absolute atomic E-state index is 5.43. The Morgan fingerprint density at radius 2 is 2.33 bits per heavy atom. The van der Waals surface area contributed by atoms with E-state index in [4.69, 9.17) is 15.2 Å². The highest BCUT2D eigenvalue weighted by Gasteiger charge is 2.19. The molecule has 0 saturated heterocycles. The molecule has 0 radical (unpaired) electrons. The van der Waals surface area contributed by atoms with Gasteiger partial charge in [-0.3, -0.25) is 0 Å². The van der Waals surface area contributed by atoms with Crippen molar-refractivity contribution >= 4 is 17.8 Å². The van der Waals surface area contributed by atoms with Gasteiger partial charge in [-0.2, -0.15) is 0 Å². The SMILES string of the molecule is CSc1c(/C=C/CN)ccc2c1OCO2. The summed E-state index contributed by atoms with van der Waals surface area (Å²) in [6.07, 6.45) is 5.96. The number of nitrogens with two attached hydrogens (primary N) is 1. The van der Waals surface area contributed by atoms with Gasteiger partial charge in [-0.15, -0.1) is 11.8 Å². The molecule has 0 unspecified atom stereocenters. The van der Waals surface area contributed by atoms with Crippen molar-refractivity contribution in [3.05, 3.63) is 23.8 Å². The average molecular weight is 223 g/mol. The molecule has 0 saturated carbocycles. The molecule has 3 nitrogen and oxygen atoms in total. The van der Waals surface area contributed by atoms with Crippen LogP contribution in [-0.2, 0) is 0 Å². The lowest BCUT2D eigenvalue weighted by molar-refractivity contribution is 0.172. The second-order valence-electron chi connectivity index (χ2n) is 3.06. The van der Waals surface area contributed by atoms with Crippen molar-refractivity contribution in [3.8, 4) is 11.5 Å². The Morgan fingerprint density at radius 3 is 3.07 bits per heavy atom. The van der Waals surface area contributed by atoms with E-state index in [1.54, 1.807) is 11.8 Å². The van der Waals surface area contributed by atoms with Crippen LogP contribution in [0.1, 0.15) is 5.56 Å². The van der Waals surface area contributed by atoms with Crippen molar-refractivity contribution in [2.75, 3.05) is 19.6 Å². The third kappa shape index (κ3) is 1.96. The highest BCUT2D eigenvalue weighted by Crippen LogP contribution is 2.42. The summed E-state index contributed by atoms with van der Waals surface area (Å²) in [5.74, 6) is 1.67. The fraction of sp³-hybridized carbons (Fsp3) is 0.273. The Bertz CT molecular complexity index is 390. The summed E-state index contributed by atoms with van der Waals surface area (Å²) < 4.78 is 10.7. The molecule has 0 fully saturated rings. The van der Waals surface area contributed by atoms with Crippen molar-refractivity contribution in [1.29, 1.82) is 0 Å². The molecule has 1 aliphatic rings. The highest BCUT2D eigenvalue weighted by molar-refractivity contribution is 7.98. The molecule has 0 atom stereocenters. The van der Waals surface area contributed by atoms with Gasteiger partial charge in [-0.25, -0.2) is 0 Å². The zero-order chi connectivity index (χ0) is 10.7. The lowest BCUT2D eigenvalue weighted by atomic mass is 10.2. The Labute approximate surface area is 93.3 Å². The summed E-state index contributed by atoms with van der Waals surface area (Å²) in [5.41, 5.74) is 6.55. The maximum Gasteiger partial charge on any atom is 0.231 e. The number of hydrogen-bond acceptors (Lipinski definition) is 4. The fourth-order valence-electron chi connectivity index (χ4n) is 1.50. The minimum Gasteiger partial charge on any atom is -0.454 e. The van der Waals surface area contributed by atoms with Crippen molar-refractivity contribution < 1.29 is 9.47 Å². The maximum atomic E-state index is 5.43. The van der Waals surface area contributed by atoms with Crippen molar-refractivity contribution in [1.82, 2.24) is 0 Å². The first-order valence-electron chi connectivity index (χ1n) is 4.70. The first-order chi connectivity index (χ1) is 7.36. The molecular weight excluding hydrogens is 210 g/mol. The van der Waals surface area contributed by atoms with Gasteiger partial charge in [0.05, 0.1) is 4.90 Å². The van der Waals surface area contributed by atoms with Gasteiger partial charge in [0.1, 0.15) is 0 Å². The largest absolute Gasteiger partial charge is 0.454 e. The first-order valence-corrected chi connectivity index (χ1v) is 5.92. The van der Waals surface area contributed by atoms with E-state index in [1.807, 2.05) is 30.5 Å². The topological polar surface area (TPSA) is 44.5 Å². The molecule has 0 bridgehead atoms. The van der Waals surface area contributed by atoms with E-state index in [-0.39, 0.29) is 0 Å². The molecule has 1 aromatic carbocycles. The van der Waals surface area contributed by atoms with E-state index in [9.17, 15) is 0 Å². The first kappa shape index (κ1) is 10.4. The Morgan fingerprint density at radius 1 is 1.47 bits per heavy atom. The highest BCUT2D eigenvalue weighted by atomic mass is 32.2. The standard InChI is InChI=1S/C11H13NO2S/c1-15-11-8(3-2-6-12)4-5-9-10(11)14-7-13-9/h2-5H,6-7,12H2,1H3/b3-2+. The zero-order valence-electron chi connectivity index (χ0n) is 8.53. The summed E-state index contributed by atoms with van der Waals surface area (Å²) >= 11 is 1.65. The van der Waals surface area contributed by atoms with Crippen LogP contribution in [0.5, 0.6) is 11.5 Å². The molecule has 4 heteroatoms. The minimum absolute atomic E-state index is 0.312. The molecule has 1 heterocycles. The molecule has 2 N–H and O–H groups in total. The predicted octanol–water partition coefficient (Wildman–Crippen LogP) is 2.11. The third-order valence-electron chi connectivity index (χ3n) is 2.16. The number of rotatable bonds is 3. The monoisotopic (exact) mass is 223 g/mol. The Kier molecular flexibility index (Phi) is 3.18. The van der Waals surface area contributed by atoms with Crippen LogP contribution in [-0.4, -0.2) is 19.6 Å². The molecule has 15 heavy (non-hydrogen) atoms. The van der Waals surface area contributed by atoms with Crippen molar-refractivity contribution in [3.63, 3.8) is 0 Å². The van der Waals surface area contributed by atoms with E-state index in [1.165, 1.54) is 0 Å². The van der Waals surface area contributed by atoms with Gasteiger partial charge in [0, 0.05) is 6.54 Å². The third-order valence-corrected chi connectivity index (χ3v) is 2.99.